The van der Waals surface area contributed by atoms with Crippen molar-refractivity contribution in [1.82, 2.24) is 5.32 Å². The van der Waals surface area contributed by atoms with Crippen molar-refractivity contribution in [2.45, 2.75) is 26.3 Å². The summed E-state index contributed by atoms with van der Waals surface area (Å²) in [7, 11) is 1.90. The first-order chi connectivity index (χ1) is 7.74. The topological polar surface area (TPSA) is 38.3 Å². The fraction of sp³-hybridized carbons (Fsp3) is 0.385. The summed E-state index contributed by atoms with van der Waals surface area (Å²) >= 11 is 0. The molecule has 0 saturated heterocycles. The Morgan fingerprint density at radius 2 is 1.81 bits per heavy atom. The molecule has 0 aliphatic carbocycles. The van der Waals surface area contributed by atoms with Gasteiger partial charge in [-0.3, -0.25) is 0 Å². The Bertz CT molecular complexity index is 456. The lowest BCUT2D eigenvalue weighted by Crippen LogP contribution is -2.16. The van der Waals surface area contributed by atoms with E-state index in [4.69, 9.17) is 8.83 Å². The summed E-state index contributed by atoms with van der Waals surface area (Å²) in [6.45, 7) is 4.02. The minimum atomic E-state index is -0.00556. The molecular weight excluding hydrogens is 202 g/mol. The Labute approximate surface area is 95.5 Å². The van der Waals surface area contributed by atoms with E-state index in [0.717, 1.165) is 29.5 Å². The van der Waals surface area contributed by atoms with E-state index in [1.807, 2.05) is 38.2 Å². The zero-order chi connectivity index (χ0) is 11.5. The minimum absolute atomic E-state index is 0.00556. The summed E-state index contributed by atoms with van der Waals surface area (Å²) in [5.74, 6) is 3.70. The van der Waals surface area contributed by atoms with Crippen molar-refractivity contribution < 1.29 is 8.83 Å². The first-order valence-electron chi connectivity index (χ1n) is 5.56. The molecule has 0 aliphatic rings. The summed E-state index contributed by atoms with van der Waals surface area (Å²) in [6.07, 6.45) is 0.910. The van der Waals surface area contributed by atoms with E-state index in [-0.39, 0.29) is 6.04 Å². The predicted octanol–water partition coefficient (Wildman–Crippen LogP) is 3.05. The fourth-order valence-electron chi connectivity index (χ4n) is 1.77. The summed E-state index contributed by atoms with van der Waals surface area (Å²) < 4.78 is 11.3. The number of hydrogen-bond acceptors (Lipinski definition) is 3. The fourth-order valence-corrected chi connectivity index (χ4v) is 1.77. The molecule has 86 valence electrons. The van der Waals surface area contributed by atoms with Crippen molar-refractivity contribution in [3.8, 4) is 0 Å². The molecule has 1 atom stereocenters. The Morgan fingerprint density at radius 3 is 2.31 bits per heavy atom. The predicted molar refractivity (Wildman–Crippen MR) is 62.4 cm³/mol. The molecule has 2 aromatic rings. The number of nitrogens with one attached hydrogen (secondary N) is 1. The Morgan fingerprint density at radius 1 is 1.12 bits per heavy atom. The zero-order valence-corrected chi connectivity index (χ0v) is 9.91. The maximum atomic E-state index is 5.73. The van der Waals surface area contributed by atoms with Crippen molar-refractivity contribution in [3.63, 3.8) is 0 Å². The summed E-state index contributed by atoms with van der Waals surface area (Å²) in [6, 6.07) is 7.94. The van der Waals surface area contributed by atoms with Gasteiger partial charge in [-0.1, -0.05) is 6.92 Å². The van der Waals surface area contributed by atoms with Gasteiger partial charge < -0.3 is 14.2 Å². The first kappa shape index (κ1) is 11.0. The normalized spacial score (nSPS) is 12.9. The third-order valence-electron chi connectivity index (χ3n) is 2.65. The Balaban J connectivity index is 2.28. The maximum absolute atomic E-state index is 5.73. The molecule has 1 N–H and O–H groups in total. The van der Waals surface area contributed by atoms with Crippen LogP contribution in [0.25, 0.3) is 0 Å². The number of hydrogen-bond donors (Lipinski definition) is 1. The van der Waals surface area contributed by atoms with Gasteiger partial charge >= 0.3 is 0 Å². The van der Waals surface area contributed by atoms with Crippen molar-refractivity contribution in [2.24, 2.45) is 0 Å². The van der Waals surface area contributed by atoms with Crippen LogP contribution in [-0.2, 0) is 6.42 Å². The average Bonchev–Trinajstić information content (AvgIpc) is 2.89. The molecule has 0 radical (unpaired) electrons. The minimum Gasteiger partial charge on any atom is -0.464 e. The van der Waals surface area contributed by atoms with Gasteiger partial charge in [-0.15, -0.1) is 0 Å². The molecule has 0 fully saturated rings. The van der Waals surface area contributed by atoms with Crippen LogP contribution in [0, 0.1) is 6.92 Å². The Kier molecular flexibility index (Phi) is 3.15. The molecular formula is C13H17NO2. The second-order valence-corrected chi connectivity index (χ2v) is 3.83. The van der Waals surface area contributed by atoms with E-state index < -0.39 is 0 Å². The van der Waals surface area contributed by atoms with Crippen LogP contribution in [0.4, 0.5) is 0 Å². The number of rotatable bonds is 4. The van der Waals surface area contributed by atoms with Crippen molar-refractivity contribution in [3.05, 3.63) is 47.3 Å². The van der Waals surface area contributed by atoms with Crippen molar-refractivity contribution in [2.75, 3.05) is 7.05 Å². The molecule has 1 unspecified atom stereocenters. The van der Waals surface area contributed by atoms with Gasteiger partial charge in [-0.25, -0.2) is 0 Å². The molecule has 0 bridgehead atoms. The first-order valence-corrected chi connectivity index (χ1v) is 5.56. The molecule has 3 heteroatoms. The molecule has 2 aromatic heterocycles. The van der Waals surface area contributed by atoms with Gasteiger partial charge in [0.2, 0.25) is 0 Å². The third-order valence-corrected chi connectivity index (χ3v) is 2.65. The molecule has 2 rings (SSSR count). The smallest absolute Gasteiger partial charge is 0.128 e. The van der Waals surface area contributed by atoms with Gasteiger partial charge in [0.15, 0.2) is 0 Å². The molecule has 0 saturated carbocycles. The molecule has 3 nitrogen and oxygen atoms in total. The monoisotopic (exact) mass is 219 g/mol. The number of furan rings is 2. The highest BCUT2D eigenvalue weighted by molar-refractivity contribution is 5.21. The largest absolute Gasteiger partial charge is 0.464 e. The standard InChI is InChI=1S/C13H17NO2/c1-4-10-6-8-12(16-10)13(14-3)11-7-5-9(2)15-11/h5-8,13-14H,4H2,1-3H3. The van der Waals surface area contributed by atoms with Crippen molar-refractivity contribution in [1.29, 1.82) is 0 Å². The van der Waals surface area contributed by atoms with Crippen LogP contribution in [0.15, 0.2) is 33.1 Å². The van der Waals surface area contributed by atoms with Crippen LogP contribution in [0.3, 0.4) is 0 Å². The summed E-state index contributed by atoms with van der Waals surface area (Å²) in [4.78, 5) is 0. The highest BCUT2D eigenvalue weighted by atomic mass is 16.4. The SMILES string of the molecule is CCc1ccc(C(NC)c2ccc(C)o2)o1. The molecule has 2 heterocycles. The van der Waals surface area contributed by atoms with E-state index in [1.54, 1.807) is 0 Å². The highest BCUT2D eigenvalue weighted by Gasteiger charge is 2.18. The Hall–Kier alpha value is -1.48. The molecule has 0 amide bonds. The van der Waals surface area contributed by atoms with E-state index in [9.17, 15) is 0 Å². The van der Waals surface area contributed by atoms with Crippen LogP contribution in [0.1, 0.15) is 36.0 Å². The zero-order valence-electron chi connectivity index (χ0n) is 9.91. The van der Waals surface area contributed by atoms with E-state index in [0.29, 0.717) is 0 Å². The van der Waals surface area contributed by atoms with Crippen LogP contribution in [0.5, 0.6) is 0 Å². The van der Waals surface area contributed by atoms with E-state index >= 15 is 0 Å². The lowest BCUT2D eigenvalue weighted by atomic mass is 10.2. The van der Waals surface area contributed by atoms with Crippen LogP contribution >= 0.6 is 0 Å². The lowest BCUT2D eigenvalue weighted by Gasteiger charge is -2.10. The van der Waals surface area contributed by atoms with E-state index in [2.05, 4.69) is 12.2 Å². The van der Waals surface area contributed by atoms with Gasteiger partial charge in [-0.05, 0) is 38.2 Å². The maximum Gasteiger partial charge on any atom is 0.128 e. The van der Waals surface area contributed by atoms with Gasteiger partial charge in [-0.2, -0.15) is 0 Å². The van der Waals surface area contributed by atoms with Crippen LogP contribution < -0.4 is 5.32 Å². The summed E-state index contributed by atoms with van der Waals surface area (Å²) in [5.41, 5.74) is 0. The van der Waals surface area contributed by atoms with Gasteiger partial charge in [0, 0.05) is 6.42 Å². The van der Waals surface area contributed by atoms with Crippen molar-refractivity contribution >= 4 is 0 Å². The second kappa shape index (κ2) is 4.58. The van der Waals surface area contributed by atoms with Gasteiger partial charge in [0.25, 0.3) is 0 Å². The average molecular weight is 219 g/mol. The number of aryl methyl sites for hydroxylation is 2. The molecule has 0 spiro atoms. The van der Waals surface area contributed by atoms with Gasteiger partial charge in [0.1, 0.15) is 29.1 Å². The lowest BCUT2D eigenvalue weighted by molar-refractivity contribution is 0.383. The third kappa shape index (κ3) is 2.04. The van der Waals surface area contributed by atoms with Crippen LogP contribution in [0.2, 0.25) is 0 Å². The summed E-state index contributed by atoms with van der Waals surface area (Å²) in [5, 5.41) is 3.20. The van der Waals surface area contributed by atoms with Crippen LogP contribution in [-0.4, -0.2) is 7.05 Å². The highest BCUT2D eigenvalue weighted by Crippen LogP contribution is 2.25. The quantitative estimate of drug-likeness (QED) is 0.858. The molecule has 16 heavy (non-hydrogen) atoms. The second-order valence-electron chi connectivity index (χ2n) is 3.83. The van der Waals surface area contributed by atoms with Gasteiger partial charge in [0.05, 0.1) is 0 Å². The molecule has 0 aliphatic heterocycles. The molecule has 0 aromatic carbocycles. The van der Waals surface area contributed by atoms with E-state index in [1.165, 1.54) is 0 Å².